The molecule has 164 valence electrons. The molecule has 0 aromatic heterocycles. The summed E-state index contributed by atoms with van der Waals surface area (Å²) >= 11 is 0. The summed E-state index contributed by atoms with van der Waals surface area (Å²) in [6.07, 6.45) is 7.64. The number of hydrogen-bond donors (Lipinski definition) is 0. The predicted molar refractivity (Wildman–Crippen MR) is 138 cm³/mol. The molecule has 0 radical (unpaired) electrons. The largest absolute Gasteiger partial charge is 0.410 e. The van der Waals surface area contributed by atoms with Crippen molar-refractivity contribution in [2.24, 2.45) is 0 Å². The van der Waals surface area contributed by atoms with Gasteiger partial charge in [-0.2, -0.15) is 0 Å². The first-order chi connectivity index (χ1) is 14.5. The molecule has 1 unspecified atom stereocenters. The maximum absolute atomic E-state index is 14.3. The second-order valence-electron chi connectivity index (χ2n) is 9.83. The average Bonchev–Trinajstić information content (AvgIpc) is 2.74. The third kappa shape index (κ3) is 5.47. The first-order valence-electron chi connectivity index (χ1n) is 11.0. The summed E-state index contributed by atoms with van der Waals surface area (Å²) in [5.74, 6) is 0. The van der Waals surface area contributed by atoms with Crippen molar-refractivity contribution >= 4 is 26.1 Å². The van der Waals surface area contributed by atoms with Gasteiger partial charge in [0, 0.05) is 23.2 Å². The van der Waals surface area contributed by atoms with Gasteiger partial charge in [0.2, 0.25) is 0 Å². The van der Waals surface area contributed by atoms with Crippen molar-refractivity contribution in [3.05, 3.63) is 96.6 Å². The molecule has 3 rings (SSSR count). The lowest BCUT2D eigenvalue weighted by molar-refractivity contribution is 0.223. The van der Waals surface area contributed by atoms with E-state index in [0.717, 1.165) is 28.2 Å². The lowest BCUT2D eigenvalue weighted by Gasteiger charge is -2.39. The fraction of sp³-hybridized carbons (Fsp3) is 0.333. The molecule has 0 fully saturated rings. The van der Waals surface area contributed by atoms with Gasteiger partial charge in [-0.1, -0.05) is 106 Å². The highest BCUT2D eigenvalue weighted by Gasteiger charge is 2.39. The molecular weight excluding hydrogens is 415 g/mol. The average molecular weight is 451 g/mol. The Kier molecular flexibility index (Phi) is 7.10. The van der Waals surface area contributed by atoms with E-state index in [2.05, 4.69) is 58.7 Å². The Balaban J connectivity index is 1.88. The van der Waals surface area contributed by atoms with Gasteiger partial charge in [-0.3, -0.25) is 0 Å². The van der Waals surface area contributed by atoms with Crippen LogP contribution in [0.4, 0.5) is 0 Å². The molecule has 0 saturated heterocycles. The third-order valence-corrected chi connectivity index (χ3v) is 14.0. The van der Waals surface area contributed by atoms with Gasteiger partial charge in [0.15, 0.2) is 8.32 Å². The monoisotopic (exact) mass is 450 g/mol. The maximum Gasteiger partial charge on any atom is 0.192 e. The molecule has 0 amide bonds. The second kappa shape index (κ2) is 9.28. The van der Waals surface area contributed by atoms with E-state index in [1.807, 2.05) is 60.7 Å². The first-order valence-corrected chi connectivity index (χ1v) is 15.8. The van der Waals surface area contributed by atoms with Gasteiger partial charge in [-0.05, 0) is 29.3 Å². The molecule has 0 bridgehead atoms. The highest BCUT2D eigenvalue weighted by Crippen LogP contribution is 2.44. The molecule has 0 aliphatic heterocycles. The molecule has 2 aromatic carbocycles. The number of benzene rings is 2. The maximum atomic E-state index is 14.3. The van der Waals surface area contributed by atoms with Crippen LogP contribution >= 0.6 is 7.14 Å². The summed E-state index contributed by atoms with van der Waals surface area (Å²) in [4.78, 5) is 0. The smallest absolute Gasteiger partial charge is 0.192 e. The fourth-order valence-corrected chi connectivity index (χ4v) is 7.31. The molecule has 2 nitrogen and oxygen atoms in total. The summed E-state index contributed by atoms with van der Waals surface area (Å²) in [7, 11) is -4.65. The van der Waals surface area contributed by atoms with Crippen LogP contribution < -0.4 is 10.6 Å². The van der Waals surface area contributed by atoms with Crippen molar-refractivity contribution in [2.75, 3.05) is 6.16 Å². The zero-order chi connectivity index (χ0) is 22.7. The Hall–Kier alpha value is -1.93. The SMILES string of the molecule is C=C1C=CC(O[Si](C)(C)C(C)(C)C)CC1=CCP(=O)(c1ccccc1)c1ccccc1. The highest BCUT2D eigenvalue weighted by molar-refractivity contribution is 7.78. The topological polar surface area (TPSA) is 26.3 Å². The molecule has 0 spiro atoms. The van der Waals surface area contributed by atoms with Crippen LogP contribution in [0.2, 0.25) is 18.1 Å². The van der Waals surface area contributed by atoms with Crippen LogP contribution in [0.1, 0.15) is 27.2 Å². The van der Waals surface area contributed by atoms with Gasteiger partial charge in [0.05, 0.1) is 6.10 Å². The van der Waals surface area contributed by atoms with E-state index in [9.17, 15) is 4.57 Å². The summed E-state index contributed by atoms with van der Waals surface area (Å²) in [5, 5.41) is 1.95. The van der Waals surface area contributed by atoms with Crippen LogP contribution in [-0.2, 0) is 8.99 Å². The van der Waals surface area contributed by atoms with E-state index in [-0.39, 0.29) is 11.1 Å². The van der Waals surface area contributed by atoms with Gasteiger partial charge in [0.25, 0.3) is 0 Å². The Morgan fingerprint density at radius 3 is 2.03 bits per heavy atom. The van der Waals surface area contributed by atoms with E-state index < -0.39 is 15.5 Å². The summed E-state index contributed by atoms with van der Waals surface area (Å²) in [5.41, 5.74) is 2.13. The second-order valence-corrected chi connectivity index (χ2v) is 17.5. The molecule has 0 N–H and O–H groups in total. The van der Waals surface area contributed by atoms with Crippen molar-refractivity contribution in [3.8, 4) is 0 Å². The number of hydrogen-bond acceptors (Lipinski definition) is 2. The van der Waals surface area contributed by atoms with Crippen LogP contribution in [0.15, 0.2) is 96.6 Å². The lowest BCUT2D eigenvalue weighted by Crippen LogP contribution is -2.44. The van der Waals surface area contributed by atoms with Gasteiger partial charge >= 0.3 is 0 Å². The lowest BCUT2D eigenvalue weighted by atomic mass is 9.95. The zero-order valence-corrected chi connectivity index (χ0v) is 21.4. The molecule has 1 atom stereocenters. The van der Waals surface area contributed by atoms with E-state index in [0.29, 0.717) is 6.16 Å². The molecule has 4 heteroatoms. The molecule has 2 aromatic rings. The van der Waals surface area contributed by atoms with Crippen molar-refractivity contribution in [1.29, 1.82) is 0 Å². The number of rotatable bonds is 6. The predicted octanol–water partition coefficient (Wildman–Crippen LogP) is 6.83. The molecule has 1 aliphatic rings. The van der Waals surface area contributed by atoms with Gasteiger partial charge in [-0.15, -0.1) is 0 Å². The third-order valence-electron chi connectivity index (χ3n) is 6.54. The van der Waals surface area contributed by atoms with E-state index in [4.69, 9.17) is 4.43 Å². The molecule has 1 aliphatic carbocycles. The van der Waals surface area contributed by atoms with E-state index in [1.165, 1.54) is 0 Å². The van der Waals surface area contributed by atoms with Crippen LogP contribution in [0.3, 0.4) is 0 Å². The molecule has 0 saturated carbocycles. The standard InChI is InChI=1S/C27H35O2PSi/c1-22-17-18-24(29-31(5,6)27(2,3)4)21-23(22)19-20-30(28,25-13-9-7-10-14-25)26-15-11-8-12-16-26/h7-19,24H,1,20-21H2,2-6H3. The summed E-state index contributed by atoms with van der Waals surface area (Å²) in [6, 6.07) is 19.7. The molecule has 0 heterocycles. The summed E-state index contributed by atoms with van der Waals surface area (Å²) < 4.78 is 20.9. The zero-order valence-electron chi connectivity index (χ0n) is 19.5. The fourth-order valence-electron chi connectivity index (χ4n) is 3.53. The first kappa shape index (κ1) is 23.7. The Morgan fingerprint density at radius 2 is 1.55 bits per heavy atom. The Bertz CT molecular complexity index is 971. The minimum Gasteiger partial charge on any atom is -0.410 e. The van der Waals surface area contributed by atoms with Crippen molar-refractivity contribution in [3.63, 3.8) is 0 Å². The van der Waals surface area contributed by atoms with Crippen molar-refractivity contribution < 1.29 is 8.99 Å². The minimum absolute atomic E-state index is 0.0467. The Labute approximate surface area is 189 Å². The Morgan fingerprint density at radius 1 is 1.03 bits per heavy atom. The van der Waals surface area contributed by atoms with Crippen LogP contribution in [0.5, 0.6) is 0 Å². The molecular formula is C27H35O2PSi. The van der Waals surface area contributed by atoms with Gasteiger partial charge in [0.1, 0.15) is 7.14 Å². The normalized spacial score (nSPS) is 19.1. The van der Waals surface area contributed by atoms with Gasteiger partial charge in [-0.25, -0.2) is 0 Å². The number of allylic oxidation sites excluding steroid dienone is 3. The minimum atomic E-state index is -2.78. The van der Waals surface area contributed by atoms with E-state index in [1.54, 1.807) is 0 Å². The van der Waals surface area contributed by atoms with Crippen molar-refractivity contribution in [2.45, 2.75) is 51.4 Å². The van der Waals surface area contributed by atoms with Crippen LogP contribution in [-0.4, -0.2) is 20.6 Å². The highest BCUT2D eigenvalue weighted by atomic mass is 31.2. The van der Waals surface area contributed by atoms with Crippen molar-refractivity contribution in [1.82, 2.24) is 0 Å². The van der Waals surface area contributed by atoms with Crippen LogP contribution in [0, 0.1) is 0 Å². The summed E-state index contributed by atoms with van der Waals surface area (Å²) in [6.45, 7) is 15.6. The van der Waals surface area contributed by atoms with E-state index >= 15 is 0 Å². The quantitative estimate of drug-likeness (QED) is 0.356. The van der Waals surface area contributed by atoms with Gasteiger partial charge < -0.3 is 8.99 Å². The van der Waals surface area contributed by atoms with Crippen LogP contribution in [0.25, 0.3) is 0 Å². The molecule has 31 heavy (non-hydrogen) atoms.